The van der Waals surface area contributed by atoms with E-state index in [2.05, 4.69) is 0 Å². The summed E-state index contributed by atoms with van der Waals surface area (Å²) in [5.41, 5.74) is 5.78. The van der Waals surface area contributed by atoms with Crippen LogP contribution in [0, 0.1) is 5.92 Å². The molecule has 1 aliphatic carbocycles. The van der Waals surface area contributed by atoms with Gasteiger partial charge in [-0.05, 0) is 37.4 Å². The SMILES string of the molecule is CCN(C1CCCC1CN)S(=O)(=O)c1ccccc1. The second kappa shape index (κ2) is 6.03. The average molecular weight is 282 g/mol. The fraction of sp³-hybridized carbons (Fsp3) is 0.571. The van der Waals surface area contributed by atoms with Gasteiger partial charge in [0.25, 0.3) is 0 Å². The van der Waals surface area contributed by atoms with Gasteiger partial charge in [0.2, 0.25) is 10.0 Å². The van der Waals surface area contributed by atoms with E-state index in [-0.39, 0.29) is 6.04 Å². The van der Waals surface area contributed by atoms with Gasteiger partial charge in [-0.1, -0.05) is 31.5 Å². The van der Waals surface area contributed by atoms with Crippen LogP contribution in [0.1, 0.15) is 26.2 Å². The quantitative estimate of drug-likeness (QED) is 0.896. The van der Waals surface area contributed by atoms with Crippen molar-refractivity contribution in [2.24, 2.45) is 11.7 Å². The van der Waals surface area contributed by atoms with Crippen LogP contribution >= 0.6 is 0 Å². The van der Waals surface area contributed by atoms with Crippen LogP contribution in [0.15, 0.2) is 35.2 Å². The van der Waals surface area contributed by atoms with Crippen LogP contribution in [-0.4, -0.2) is 31.9 Å². The molecule has 2 rings (SSSR count). The highest BCUT2D eigenvalue weighted by Crippen LogP contribution is 2.32. The Labute approximate surface area is 115 Å². The van der Waals surface area contributed by atoms with Crippen LogP contribution in [0.4, 0.5) is 0 Å². The molecule has 0 aromatic heterocycles. The van der Waals surface area contributed by atoms with E-state index in [1.165, 1.54) is 0 Å². The maximum atomic E-state index is 12.7. The Morgan fingerprint density at radius 1 is 1.26 bits per heavy atom. The zero-order valence-electron chi connectivity index (χ0n) is 11.3. The van der Waals surface area contributed by atoms with Crippen molar-refractivity contribution in [3.05, 3.63) is 30.3 Å². The van der Waals surface area contributed by atoms with Gasteiger partial charge in [-0.2, -0.15) is 4.31 Å². The minimum atomic E-state index is -3.40. The molecule has 2 atom stereocenters. The highest BCUT2D eigenvalue weighted by molar-refractivity contribution is 7.89. The predicted molar refractivity (Wildman–Crippen MR) is 76.2 cm³/mol. The number of nitrogens with two attached hydrogens (primary N) is 1. The number of hydrogen-bond donors (Lipinski definition) is 1. The zero-order chi connectivity index (χ0) is 13.9. The summed E-state index contributed by atoms with van der Waals surface area (Å²) >= 11 is 0. The Hall–Kier alpha value is -0.910. The minimum Gasteiger partial charge on any atom is -0.330 e. The van der Waals surface area contributed by atoms with E-state index >= 15 is 0 Å². The normalized spacial score (nSPS) is 23.9. The number of rotatable bonds is 5. The summed E-state index contributed by atoms with van der Waals surface area (Å²) in [5.74, 6) is 0.290. The Morgan fingerprint density at radius 3 is 2.53 bits per heavy atom. The predicted octanol–water partition coefficient (Wildman–Crippen LogP) is 1.82. The van der Waals surface area contributed by atoms with Gasteiger partial charge in [-0.3, -0.25) is 0 Å². The number of nitrogens with zero attached hydrogens (tertiary/aromatic N) is 1. The summed E-state index contributed by atoms with van der Waals surface area (Å²) in [6.07, 6.45) is 3.01. The molecule has 0 bridgehead atoms. The molecule has 106 valence electrons. The maximum absolute atomic E-state index is 12.7. The molecule has 19 heavy (non-hydrogen) atoms. The fourth-order valence-corrected chi connectivity index (χ4v) is 4.73. The Kier molecular flexibility index (Phi) is 4.60. The first-order valence-electron chi connectivity index (χ1n) is 6.88. The van der Waals surface area contributed by atoms with Crippen LogP contribution in [-0.2, 0) is 10.0 Å². The third kappa shape index (κ3) is 2.83. The molecular weight excluding hydrogens is 260 g/mol. The number of hydrogen-bond acceptors (Lipinski definition) is 3. The second-order valence-electron chi connectivity index (χ2n) is 5.02. The Bertz CT molecular complexity index is 501. The van der Waals surface area contributed by atoms with E-state index in [0.717, 1.165) is 19.3 Å². The molecule has 4 nitrogen and oxygen atoms in total. The lowest BCUT2D eigenvalue weighted by atomic mass is 10.0. The molecule has 1 aliphatic rings. The first kappa shape index (κ1) is 14.5. The molecule has 0 radical (unpaired) electrons. The topological polar surface area (TPSA) is 63.4 Å². The highest BCUT2D eigenvalue weighted by atomic mass is 32.2. The summed E-state index contributed by atoms with van der Waals surface area (Å²) in [6.45, 7) is 2.95. The molecular formula is C14H22N2O2S. The zero-order valence-corrected chi connectivity index (χ0v) is 12.1. The van der Waals surface area contributed by atoms with Crippen LogP contribution in [0.25, 0.3) is 0 Å². The van der Waals surface area contributed by atoms with Crippen molar-refractivity contribution in [3.63, 3.8) is 0 Å². The van der Waals surface area contributed by atoms with Crippen molar-refractivity contribution in [1.82, 2.24) is 4.31 Å². The standard InChI is InChI=1S/C14H22N2O2S/c1-2-16(14-10-6-7-12(14)11-15)19(17,18)13-8-4-3-5-9-13/h3-5,8-9,12,14H,2,6-7,10-11,15H2,1H3. The maximum Gasteiger partial charge on any atom is 0.243 e. The molecule has 0 heterocycles. The van der Waals surface area contributed by atoms with Crippen LogP contribution in [0.2, 0.25) is 0 Å². The van der Waals surface area contributed by atoms with Gasteiger partial charge in [-0.15, -0.1) is 0 Å². The molecule has 0 spiro atoms. The van der Waals surface area contributed by atoms with Crippen molar-refractivity contribution in [2.45, 2.75) is 37.1 Å². The highest BCUT2D eigenvalue weighted by Gasteiger charge is 2.37. The molecule has 0 aliphatic heterocycles. The number of benzene rings is 1. The van der Waals surface area contributed by atoms with Crippen molar-refractivity contribution in [2.75, 3.05) is 13.1 Å². The van der Waals surface area contributed by atoms with Crippen LogP contribution < -0.4 is 5.73 Å². The third-order valence-corrected chi connectivity index (χ3v) is 5.97. The first-order valence-corrected chi connectivity index (χ1v) is 8.32. The summed E-state index contributed by atoms with van der Waals surface area (Å²) < 4.78 is 27.0. The Balaban J connectivity index is 2.31. The van der Waals surface area contributed by atoms with E-state index in [9.17, 15) is 8.42 Å². The van der Waals surface area contributed by atoms with E-state index in [1.807, 2.05) is 13.0 Å². The fourth-order valence-electron chi connectivity index (χ4n) is 2.98. The van der Waals surface area contributed by atoms with Gasteiger partial charge in [0, 0.05) is 12.6 Å². The van der Waals surface area contributed by atoms with Gasteiger partial charge < -0.3 is 5.73 Å². The molecule has 2 unspecified atom stereocenters. The lowest BCUT2D eigenvalue weighted by Gasteiger charge is -2.30. The molecule has 2 N–H and O–H groups in total. The van der Waals surface area contributed by atoms with E-state index < -0.39 is 10.0 Å². The second-order valence-corrected chi connectivity index (χ2v) is 6.91. The van der Waals surface area contributed by atoms with Crippen molar-refractivity contribution in [3.8, 4) is 0 Å². The average Bonchev–Trinajstić information content (AvgIpc) is 2.88. The minimum absolute atomic E-state index is 0.0557. The largest absolute Gasteiger partial charge is 0.330 e. The van der Waals surface area contributed by atoms with E-state index in [0.29, 0.717) is 23.9 Å². The lowest BCUT2D eigenvalue weighted by molar-refractivity contribution is 0.276. The van der Waals surface area contributed by atoms with Crippen LogP contribution in [0.5, 0.6) is 0 Å². The van der Waals surface area contributed by atoms with Crippen molar-refractivity contribution >= 4 is 10.0 Å². The smallest absolute Gasteiger partial charge is 0.243 e. The molecule has 1 fully saturated rings. The van der Waals surface area contributed by atoms with Gasteiger partial charge in [-0.25, -0.2) is 8.42 Å². The summed E-state index contributed by atoms with van der Waals surface area (Å²) in [6, 6.07) is 8.72. The monoisotopic (exact) mass is 282 g/mol. The summed E-state index contributed by atoms with van der Waals surface area (Å²) in [7, 11) is -3.40. The molecule has 5 heteroatoms. The molecule has 1 aromatic carbocycles. The Morgan fingerprint density at radius 2 is 1.95 bits per heavy atom. The van der Waals surface area contributed by atoms with Crippen molar-refractivity contribution < 1.29 is 8.42 Å². The van der Waals surface area contributed by atoms with Gasteiger partial charge in [0.05, 0.1) is 4.90 Å². The molecule has 0 saturated heterocycles. The van der Waals surface area contributed by atoms with Crippen molar-refractivity contribution in [1.29, 1.82) is 0 Å². The van der Waals surface area contributed by atoms with Gasteiger partial charge in [0.1, 0.15) is 0 Å². The third-order valence-electron chi connectivity index (χ3n) is 3.95. The summed E-state index contributed by atoms with van der Waals surface area (Å²) in [5, 5.41) is 0. The molecule has 0 amide bonds. The molecule has 1 saturated carbocycles. The summed E-state index contributed by atoms with van der Waals surface area (Å²) in [4.78, 5) is 0.375. The number of sulfonamides is 1. The van der Waals surface area contributed by atoms with Crippen LogP contribution in [0.3, 0.4) is 0 Å². The van der Waals surface area contributed by atoms with Gasteiger partial charge >= 0.3 is 0 Å². The lowest BCUT2D eigenvalue weighted by Crippen LogP contribution is -2.43. The van der Waals surface area contributed by atoms with E-state index in [4.69, 9.17) is 5.73 Å². The molecule has 1 aromatic rings. The van der Waals surface area contributed by atoms with Gasteiger partial charge in [0.15, 0.2) is 0 Å². The first-order chi connectivity index (χ1) is 9.11. The van der Waals surface area contributed by atoms with E-state index in [1.54, 1.807) is 28.6 Å².